The molecular formula is C20H30IN3O2S. The van der Waals surface area contributed by atoms with E-state index in [1.54, 1.807) is 18.4 Å². The van der Waals surface area contributed by atoms with E-state index in [4.69, 9.17) is 9.47 Å². The minimum Gasteiger partial charge on any atom is -0.379 e. The maximum atomic E-state index is 5.63. The summed E-state index contributed by atoms with van der Waals surface area (Å²) in [7, 11) is 1.79. The van der Waals surface area contributed by atoms with E-state index >= 15 is 0 Å². The third kappa shape index (κ3) is 10.1. The minimum atomic E-state index is 0. The summed E-state index contributed by atoms with van der Waals surface area (Å²) in [6.45, 7) is 6.19. The van der Waals surface area contributed by atoms with Crippen LogP contribution in [0.5, 0.6) is 0 Å². The lowest BCUT2D eigenvalue weighted by Crippen LogP contribution is -2.37. The van der Waals surface area contributed by atoms with E-state index in [-0.39, 0.29) is 24.0 Å². The molecule has 5 nitrogen and oxygen atoms in total. The molecule has 1 aromatic heterocycles. The summed E-state index contributed by atoms with van der Waals surface area (Å²) in [5, 5.41) is 8.82. The molecule has 2 aromatic rings. The van der Waals surface area contributed by atoms with Gasteiger partial charge in [-0.1, -0.05) is 30.3 Å². The van der Waals surface area contributed by atoms with Gasteiger partial charge >= 0.3 is 0 Å². The Hall–Kier alpha value is -1.16. The van der Waals surface area contributed by atoms with Gasteiger partial charge in [0.2, 0.25) is 0 Å². The van der Waals surface area contributed by atoms with Gasteiger partial charge in [0.15, 0.2) is 5.96 Å². The fraction of sp³-hybridized carbons (Fsp3) is 0.450. The summed E-state index contributed by atoms with van der Waals surface area (Å²) in [6, 6.07) is 12.6. The Balaban J connectivity index is 0.00000364. The minimum absolute atomic E-state index is 0. The van der Waals surface area contributed by atoms with Crippen LogP contribution in [-0.2, 0) is 29.0 Å². The van der Waals surface area contributed by atoms with E-state index in [1.807, 2.05) is 6.92 Å². The predicted octanol–water partition coefficient (Wildman–Crippen LogP) is 3.83. The largest absolute Gasteiger partial charge is 0.379 e. The van der Waals surface area contributed by atoms with E-state index in [2.05, 4.69) is 57.4 Å². The number of benzene rings is 1. The van der Waals surface area contributed by atoms with E-state index < -0.39 is 0 Å². The molecule has 27 heavy (non-hydrogen) atoms. The third-order valence-corrected chi connectivity index (χ3v) is 4.70. The summed E-state index contributed by atoms with van der Waals surface area (Å²) >= 11 is 1.78. The van der Waals surface area contributed by atoms with Gasteiger partial charge in [0.25, 0.3) is 0 Å². The normalized spacial score (nSPS) is 11.1. The van der Waals surface area contributed by atoms with Gasteiger partial charge in [-0.05, 0) is 35.9 Å². The van der Waals surface area contributed by atoms with Crippen molar-refractivity contribution in [2.75, 3.05) is 33.4 Å². The van der Waals surface area contributed by atoms with Crippen LogP contribution in [0.25, 0.3) is 0 Å². The first-order chi connectivity index (χ1) is 12.8. The van der Waals surface area contributed by atoms with Crippen LogP contribution in [0, 0.1) is 0 Å². The molecule has 0 aliphatic carbocycles. The molecule has 0 bridgehead atoms. The molecule has 7 heteroatoms. The highest BCUT2D eigenvalue weighted by Crippen LogP contribution is 2.08. The Kier molecular flexibility index (Phi) is 13.1. The molecule has 0 amide bonds. The molecule has 1 heterocycles. The summed E-state index contributed by atoms with van der Waals surface area (Å²) in [6.07, 6.45) is 1.01. The molecule has 0 radical (unpaired) electrons. The van der Waals surface area contributed by atoms with Gasteiger partial charge in [0, 0.05) is 31.6 Å². The number of halogens is 1. The molecule has 0 unspecified atom stereocenters. The first-order valence-electron chi connectivity index (χ1n) is 9.02. The molecule has 0 atom stereocenters. The van der Waals surface area contributed by atoms with Gasteiger partial charge < -0.3 is 20.1 Å². The topological polar surface area (TPSA) is 54.9 Å². The van der Waals surface area contributed by atoms with Crippen LogP contribution < -0.4 is 10.6 Å². The van der Waals surface area contributed by atoms with Gasteiger partial charge in [-0.25, -0.2) is 0 Å². The summed E-state index contributed by atoms with van der Waals surface area (Å²) in [5.41, 5.74) is 2.37. The highest BCUT2D eigenvalue weighted by atomic mass is 127. The number of nitrogens with one attached hydrogen (secondary N) is 2. The lowest BCUT2D eigenvalue weighted by Gasteiger charge is -2.12. The van der Waals surface area contributed by atoms with Crippen LogP contribution in [0.4, 0.5) is 0 Å². The summed E-state index contributed by atoms with van der Waals surface area (Å²) in [4.78, 5) is 5.66. The Bertz CT molecular complexity index is 650. The standard InChI is InChI=1S/C20H29N3O2S.HI/c1-3-24-11-12-25-16-18-7-4-6-17(14-18)15-23-20(21-2)22-10-9-19-8-5-13-26-19;/h4-8,13-14H,3,9-12,15-16H2,1-2H3,(H2,21,22,23);1H. The summed E-state index contributed by atoms with van der Waals surface area (Å²) < 4.78 is 10.9. The number of hydrogen-bond acceptors (Lipinski definition) is 4. The molecule has 2 rings (SSSR count). The zero-order valence-corrected chi connectivity index (χ0v) is 19.2. The molecule has 2 N–H and O–H groups in total. The van der Waals surface area contributed by atoms with Crippen LogP contribution in [0.3, 0.4) is 0 Å². The number of guanidine groups is 1. The second-order valence-electron chi connectivity index (χ2n) is 5.75. The molecular weight excluding hydrogens is 473 g/mol. The van der Waals surface area contributed by atoms with Crippen molar-refractivity contribution in [3.05, 3.63) is 57.8 Å². The number of aliphatic imine (C=N–C) groups is 1. The van der Waals surface area contributed by atoms with E-state index in [9.17, 15) is 0 Å². The number of ether oxygens (including phenoxy) is 2. The lowest BCUT2D eigenvalue weighted by atomic mass is 10.1. The molecule has 0 aliphatic heterocycles. The first kappa shape index (κ1) is 23.9. The fourth-order valence-electron chi connectivity index (χ4n) is 2.45. The van der Waals surface area contributed by atoms with Crippen molar-refractivity contribution in [3.8, 4) is 0 Å². The molecule has 0 saturated heterocycles. The van der Waals surface area contributed by atoms with Crippen LogP contribution in [0.1, 0.15) is 22.9 Å². The van der Waals surface area contributed by atoms with Crippen LogP contribution in [0.2, 0.25) is 0 Å². The monoisotopic (exact) mass is 503 g/mol. The van der Waals surface area contributed by atoms with Crippen LogP contribution >= 0.6 is 35.3 Å². The van der Waals surface area contributed by atoms with Gasteiger partial charge in [0.05, 0.1) is 19.8 Å². The number of thiophene rings is 1. The molecule has 0 saturated carbocycles. The van der Waals surface area contributed by atoms with Crippen molar-refractivity contribution in [1.82, 2.24) is 10.6 Å². The quantitative estimate of drug-likeness (QED) is 0.212. The van der Waals surface area contributed by atoms with E-state index in [0.717, 1.165) is 32.1 Å². The van der Waals surface area contributed by atoms with Gasteiger partial charge in [-0.3, -0.25) is 4.99 Å². The lowest BCUT2D eigenvalue weighted by molar-refractivity contribution is 0.0453. The Morgan fingerprint density at radius 1 is 1.07 bits per heavy atom. The fourth-order valence-corrected chi connectivity index (χ4v) is 3.16. The second kappa shape index (κ2) is 14.8. The van der Waals surface area contributed by atoms with Crippen molar-refractivity contribution in [3.63, 3.8) is 0 Å². The van der Waals surface area contributed by atoms with Crippen molar-refractivity contribution >= 4 is 41.3 Å². The van der Waals surface area contributed by atoms with Gasteiger partial charge in [0.1, 0.15) is 0 Å². The Labute approximate surface area is 183 Å². The van der Waals surface area contributed by atoms with Crippen LogP contribution in [0.15, 0.2) is 46.8 Å². The average molecular weight is 503 g/mol. The molecule has 150 valence electrons. The Morgan fingerprint density at radius 3 is 2.63 bits per heavy atom. The predicted molar refractivity (Wildman–Crippen MR) is 124 cm³/mol. The molecule has 1 aromatic carbocycles. The van der Waals surface area contributed by atoms with E-state index in [1.165, 1.54) is 16.0 Å². The van der Waals surface area contributed by atoms with Gasteiger partial charge in [-0.2, -0.15) is 0 Å². The van der Waals surface area contributed by atoms with Gasteiger partial charge in [-0.15, -0.1) is 35.3 Å². The SMILES string of the molecule is CCOCCOCc1cccc(CNC(=NC)NCCc2cccs2)c1.I. The maximum Gasteiger partial charge on any atom is 0.191 e. The number of nitrogens with zero attached hydrogens (tertiary/aromatic N) is 1. The second-order valence-corrected chi connectivity index (χ2v) is 6.78. The maximum absolute atomic E-state index is 5.63. The van der Waals surface area contributed by atoms with Crippen molar-refractivity contribution in [1.29, 1.82) is 0 Å². The molecule has 0 fully saturated rings. The molecule has 0 aliphatic rings. The smallest absolute Gasteiger partial charge is 0.191 e. The summed E-state index contributed by atoms with van der Waals surface area (Å²) in [5.74, 6) is 0.819. The van der Waals surface area contributed by atoms with E-state index in [0.29, 0.717) is 19.8 Å². The third-order valence-electron chi connectivity index (χ3n) is 3.76. The van der Waals surface area contributed by atoms with Crippen LogP contribution in [-0.4, -0.2) is 39.4 Å². The molecule has 0 spiro atoms. The zero-order valence-electron chi connectivity index (χ0n) is 16.1. The van der Waals surface area contributed by atoms with Crippen molar-refractivity contribution in [2.45, 2.75) is 26.5 Å². The average Bonchev–Trinajstić information content (AvgIpc) is 3.18. The Morgan fingerprint density at radius 2 is 1.89 bits per heavy atom. The number of rotatable bonds is 11. The highest BCUT2D eigenvalue weighted by molar-refractivity contribution is 14.0. The van der Waals surface area contributed by atoms with Crippen molar-refractivity contribution < 1.29 is 9.47 Å². The number of hydrogen-bond donors (Lipinski definition) is 2. The van der Waals surface area contributed by atoms with Crippen molar-refractivity contribution in [2.24, 2.45) is 4.99 Å². The zero-order chi connectivity index (χ0) is 18.5. The first-order valence-corrected chi connectivity index (χ1v) is 9.90. The highest BCUT2D eigenvalue weighted by Gasteiger charge is 2.01.